The van der Waals surface area contributed by atoms with E-state index in [1.165, 1.54) is 32.1 Å². The molecule has 0 bridgehead atoms. The summed E-state index contributed by atoms with van der Waals surface area (Å²) in [5.74, 6) is 0. The van der Waals surface area contributed by atoms with Crippen LogP contribution in [-0.4, -0.2) is 11.5 Å². The Bertz CT molecular complexity index is 104. The smallest absolute Gasteiger partial charge is 0.121 e. The summed E-state index contributed by atoms with van der Waals surface area (Å²) >= 11 is 4.30. The number of hydrogen-bond donors (Lipinski definition) is 1. The van der Waals surface area contributed by atoms with Gasteiger partial charge in [-0.15, -0.1) is 0 Å². The summed E-state index contributed by atoms with van der Waals surface area (Å²) < 4.78 is 0. The molecule has 0 aliphatic heterocycles. The molecule has 2 heteroatoms. The van der Waals surface area contributed by atoms with Gasteiger partial charge in [-0.3, -0.25) is 0 Å². The van der Waals surface area contributed by atoms with E-state index in [2.05, 4.69) is 19.6 Å². The largest absolute Gasteiger partial charge is 0.303 e. The van der Waals surface area contributed by atoms with E-state index in [-0.39, 0.29) is 0 Å². The third-order valence-corrected chi connectivity index (χ3v) is 2.48. The van der Waals surface area contributed by atoms with Gasteiger partial charge in [-0.25, -0.2) is 0 Å². The molecule has 1 nitrogen and oxygen atoms in total. The van der Waals surface area contributed by atoms with Gasteiger partial charge < -0.3 is 4.79 Å². The normalized spacial score (nSPS) is 12.8. The van der Waals surface area contributed by atoms with E-state index in [1.54, 1.807) is 0 Å². The number of thiol groups is 1. The minimum Gasteiger partial charge on any atom is -0.303 e. The summed E-state index contributed by atoms with van der Waals surface area (Å²) in [6, 6.07) is 0. The lowest BCUT2D eigenvalue weighted by molar-refractivity contribution is -0.107. The highest BCUT2D eigenvalue weighted by atomic mass is 32.1. The van der Waals surface area contributed by atoms with Crippen molar-refractivity contribution in [2.24, 2.45) is 0 Å². The van der Waals surface area contributed by atoms with Gasteiger partial charge in [0.25, 0.3) is 0 Å². The molecule has 0 aliphatic carbocycles. The molecule has 0 heterocycles. The first-order chi connectivity index (χ1) is 5.81. The molecule has 0 aliphatic rings. The third-order valence-electron chi connectivity index (χ3n) is 2.01. The van der Waals surface area contributed by atoms with Crippen molar-refractivity contribution in [1.82, 2.24) is 0 Å². The van der Waals surface area contributed by atoms with E-state index in [0.717, 1.165) is 12.7 Å². The molecular formula is C10H20OS. The first-order valence-corrected chi connectivity index (χ1v) is 5.44. The fourth-order valence-electron chi connectivity index (χ4n) is 1.21. The third kappa shape index (κ3) is 8.12. The van der Waals surface area contributed by atoms with Crippen molar-refractivity contribution in [2.75, 3.05) is 0 Å². The zero-order valence-electron chi connectivity index (χ0n) is 7.96. The number of rotatable bonds is 8. The van der Waals surface area contributed by atoms with Crippen LogP contribution < -0.4 is 0 Å². The fraction of sp³-hybridized carbons (Fsp3) is 0.900. The van der Waals surface area contributed by atoms with E-state index >= 15 is 0 Å². The van der Waals surface area contributed by atoms with Crippen molar-refractivity contribution in [3.63, 3.8) is 0 Å². The maximum absolute atomic E-state index is 10.1. The highest BCUT2D eigenvalue weighted by Gasteiger charge is 2.00. The van der Waals surface area contributed by atoms with Crippen molar-refractivity contribution in [3.8, 4) is 0 Å². The Kier molecular flexibility index (Phi) is 9.13. The summed E-state index contributed by atoms with van der Waals surface area (Å²) in [5, 5.41) is 0.295. The van der Waals surface area contributed by atoms with Crippen molar-refractivity contribution in [2.45, 2.75) is 57.1 Å². The van der Waals surface area contributed by atoms with Gasteiger partial charge in [0.15, 0.2) is 0 Å². The van der Waals surface area contributed by atoms with E-state index < -0.39 is 0 Å². The highest BCUT2D eigenvalue weighted by molar-refractivity contribution is 7.81. The average molecular weight is 188 g/mol. The van der Waals surface area contributed by atoms with Gasteiger partial charge in [-0.05, 0) is 6.42 Å². The molecule has 1 atom stereocenters. The van der Waals surface area contributed by atoms with Crippen LogP contribution >= 0.6 is 12.6 Å². The number of aldehydes is 1. The van der Waals surface area contributed by atoms with Crippen LogP contribution in [0.2, 0.25) is 0 Å². The predicted molar refractivity (Wildman–Crippen MR) is 56.8 cm³/mol. The Hall–Kier alpha value is 0.0200. The SMILES string of the molecule is CCCCCCCC(S)CC=O. The zero-order chi connectivity index (χ0) is 9.23. The van der Waals surface area contributed by atoms with E-state index in [9.17, 15) is 4.79 Å². The summed E-state index contributed by atoms with van der Waals surface area (Å²) in [7, 11) is 0. The number of unbranched alkanes of at least 4 members (excludes halogenated alkanes) is 4. The lowest BCUT2D eigenvalue weighted by atomic mass is 10.1. The number of carbonyl (C=O) groups excluding carboxylic acids is 1. The second-order valence-electron chi connectivity index (χ2n) is 3.26. The molecule has 0 fully saturated rings. The topological polar surface area (TPSA) is 17.1 Å². The molecule has 0 N–H and O–H groups in total. The molecule has 0 aromatic carbocycles. The zero-order valence-corrected chi connectivity index (χ0v) is 8.85. The molecule has 72 valence electrons. The molecule has 0 aromatic heterocycles. The van der Waals surface area contributed by atoms with Gasteiger partial charge >= 0.3 is 0 Å². The van der Waals surface area contributed by atoms with Gasteiger partial charge in [0.05, 0.1) is 0 Å². The average Bonchev–Trinajstić information content (AvgIpc) is 2.05. The summed E-state index contributed by atoms with van der Waals surface area (Å²) in [6.45, 7) is 2.22. The van der Waals surface area contributed by atoms with Gasteiger partial charge in [-0.1, -0.05) is 39.0 Å². The van der Waals surface area contributed by atoms with Gasteiger partial charge in [0, 0.05) is 11.7 Å². The Labute approximate surface area is 81.3 Å². The predicted octanol–water partition coefficient (Wildman–Crippen LogP) is 3.23. The second-order valence-corrected chi connectivity index (χ2v) is 3.99. The van der Waals surface area contributed by atoms with Crippen LogP contribution in [0.15, 0.2) is 0 Å². The van der Waals surface area contributed by atoms with Crippen LogP contribution in [-0.2, 0) is 4.79 Å². The van der Waals surface area contributed by atoms with Gasteiger partial charge in [0.2, 0.25) is 0 Å². The monoisotopic (exact) mass is 188 g/mol. The quantitative estimate of drug-likeness (QED) is 0.351. The van der Waals surface area contributed by atoms with Crippen molar-refractivity contribution < 1.29 is 4.79 Å². The molecule has 0 amide bonds. The highest BCUT2D eigenvalue weighted by Crippen LogP contribution is 2.12. The molecule has 0 aromatic rings. The number of carbonyl (C=O) groups is 1. The fourth-order valence-corrected chi connectivity index (χ4v) is 1.48. The van der Waals surface area contributed by atoms with Crippen LogP contribution in [0.25, 0.3) is 0 Å². The Morgan fingerprint density at radius 1 is 1.25 bits per heavy atom. The molecule has 0 spiro atoms. The van der Waals surface area contributed by atoms with Gasteiger partial charge in [0.1, 0.15) is 6.29 Å². The van der Waals surface area contributed by atoms with Crippen molar-refractivity contribution in [1.29, 1.82) is 0 Å². The van der Waals surface area contributed by atoms with Crippen molar-refractivity contribution in [3.05, 3.63) is 0 Å². The maximum atomic E-state index is 10.1. The first-order valence-electron chi connectivity index (χ1n) is 4.93. The van der Waals surface area contributed by atoms with Crippen LogP contribution in [0.5, 0.6) is 0 Å². The van der Waals surface area contributed by atoms with E-state index in [4.69, 9.17) is 0 Å². The molecule has 0 rings (SSSR count). The second kappa shape index (κ2) is 9.11. The molecular weight excluding hydrogens is 168 g/mol. The minimum atomic E-state index is 0.295. The van der Waals surface area contributed by atoms with Gasteiger partial charge in [-0.2, -0.15) is 12.6 Å². The minimum absolute atomic E-state index is 0.295. The van der Waals surface area contributed by atoms with E-state index in [0.29, 0.717) is 11.7 Å². The van der Waals surface area contributed by atoms with Crippen LogP contribution in [0, 0.1) is 0 Å². The van der Waals surface area contributed by atoms with Crippen LogP contribution in [0.3, 0.4) is 0 Å². The molecule has 0 saturated heterocycles. The molecule has 12 heavy (non-hydrogen) atoms. The lowest BCUT2D eigenvalue weighted by Gasteiger charge is -2.05. The van der Waals surface area contributed by atoms with Crippen LogP contribution in [0.1, 0.15) is 51.9 Å². The first kappa shape index (κ1) is 12.0. The standard InChI is InChI=1S/C10H20OS/c1-2-3-4-5-6-7-10(12)8-9-11/h9-10,12H,2-8H2,1H3. The summed E-state index contributed by atoms with van der Waals surface area (Å²) in [5.41, 5.74) is 0. The summed E-state index contributed by atoms with van der Waals surface area (Å²) in [6.07, 6.45) is 9.14. The number of hydrogen-bond acceptors (Lipinski definition) is 2. The summed E-state index contributed by atoms with van der Waals surface area (Å²) in [4.78, 5) is 10.1. The van der Waals surface area contributed by atoms with Crippen LogP contribution in [0.4, 0.5) is 0 Å². The van der Waals surface area contributed by atoms with Crippen molar-refractivity contribution >= 4 is 18.9 Å². The maximum Gasteiger partial charge on any atom is 0.121 e. The Morgan fingerprint density at radius 2 is 1.92 bits per heavy atom. The molecule has 0 radical (unpaired) electrons. The Morgan fingerprint density at radius 3 is 2.50 bits per heavy atom. The molecule has 1 unspecified atom stereocenters. The van der Waals surface area contributed by atoms with E-state index in [1.807, 2.05) is 0 Å². The Balaban J connectivity index is 3.02. The molecule has 0 saturated carbocycles. The lowest BCUT2D eigenvalue weighted by Crippen LogP contribution is -1.98.